The molecule has 1 aliphatic rings. The Morgan fingerprint density at radius 2 is 2.06 bits per heavy atom. The molecule has 1 saturated carbocycles. The monoisotopic (exact) mass is 241 g/mol. The van der Waals surface area contributed by atoms with Crippen LogP contribution in [0.25, 0.3) is 0 Å². The summed E-state index contributed by atoms with van der Waals surface area (Å²) in [6.07, 6.45) is 4.83. The molecule has 1 amide bonds. The molecule has 0 aromatic carbocycles. The molecule has 0 aromatic rings. The average molecular weight is 241 g/mol. The third-order valence-corrected chi connectivity index (χ3v) is 3.13. The summed E-state index contributed by atoms with van der Waals surface area (Å²) in [6, 6.07) is 0. The van der Waals surface area contributed by atoms with Gasteiger partial charge in [0.05, 0.1) is 6.42 Å². The average Bonchev–Trinajstić information content (AvgIpc) is 2.71. The summed E-state index contributed by atoms with van der Waals surface area (Å²) in [7, 11) is 0. The summed E-state index contributed by atoms with van der Waals surface area (Å²) in [6.45, 7) is 3.98. The molecule has 96 valence electrons. The number of rotatable bonds is 6. The van der Waals surface area contributed by atoms with Crippen LogP contribution >= 0.6 is 0 Å². The zero-order chi connectivity index (χ0) is 12.7. The molecule has 0 unspecified atom stereocenters. The normalized spacial score (nSPS) is 17.4. The fourth-order valence-electron chi connectivity index (χ4n) is 2.31. The summed E-state index contributed by atoms with van der Waals surface area (Å²) < 4.78 is 4.79. The Hall–Kier alpha value is -1.52. The van der Waals surface area contributed by atoms with Gasteiger partial charge in [0.1, 0.15) is 6.61 Å². The molecular weight excluding hydrogens is 222 g/mol. The van der Waals surface area contributed by atoms with Crippen molar-refractivity contribution in [1.29, 1.82) is 0 Å². The quantitative estimate of drug-likeness (QED) is 0.697. The van der Waals surface area contributed by atoms with Gasteiger partial charge in [0.25, 0.3) is 0 Å². The molecule has 0 heterocycles. The topological polar surface area (TPSA) is 75.6 Å². The molecule has 0 radical (unpaired) electrons. The molecule has 2 N–H and O–H groups in total. The second kappa shape index (κ2) is 6.27. The van der Waals surface area contributed by atoms with Gasteiger partial charge in [0.15, 0.2) is 0 Å². The molecule has 0 aliphatic heterocycles. The van der Waals surface area contributed by atoms with Crippen LogP contribution in [0.15, 0.2) is 12.7 Å². The van der Waals surface area contributed by atoms with Crippen molar-refractivity contribution in [2.75, 3.05) is 13.2 Å². The molecule has 5 heteroatoms. The van der Waals surface area contributed by atoms with E-state index in [9.17, 15) is 9.59 Å². The number of nitrogens with one attached hydrogen (secondary N) is 1. The van der Waals surface area contributed by atoms with Crippen LogP contribution in [-0.2, 0) is 9.53 Å². The van der Waals surface area contributed by atoms with E-state index in [0.717, 1.165) is 25.7 Å². The van der Waals surface area contributed by atoms with Gasteiger partial charge in [-0.1, -0.05) is 25.5 Å². The Labute approximate surface area is 101 Å². The van der Waals surface area contributed by atoms with Gasteiger partial charge in [0.2, 0.25) is 0 Å². The van der Waals surface area contributed by atoms with Crippen molar-refractivity contribution in [1.82, 2.24) is 5.32 Å². The Morgan fingerprint density at radius 1 is 1.41 bits per heavy atom. The molecule has 0 atom stereocenters. The lowest BCUT2D eigenvalue weighted by Crippen LogP contribution is -2.37. The highest BCUT2D eigenvalue weighted by Crippen LogP contribution is 2.40. The Balaban J connectivity index is 2.41. The SMILES string of the molecule is C=CCOC(=O)NCC1(CC(=O)O)CCCC1. The Morgan fingerprint density at radius 3 is 2.59 bits per heavy atom. The van der Waals surface area contributed by atoms with Crippen molar-refractivity contribution >= 4 is 12.1 Å². The lowest BCUT2D eigenvalue weighted by atomic mass is 9.82. The molecule has 0 bridgehead atoms. The minimum atomic E-state index is -0.812. The summed E-state index contributed by atoms with van der Waals surface area (Å²) in [5.41, 5.74) is -0.293. The first-order chi connectivity index (χ1) is 8.08. The Kier molecular flexibility index (Phi) is 5.00. The maximum atomic E-state index is 11.3. The van der Waals surface area contributed by atoms with E-state index in [0.29, 0.717) is 6.54 Å². The second-order valence-corrected chi connectivity index (χ2v) is 4.52. The van der Waals surface area contributed by atoms with Crippen molar-refractivity contribution in [2.24, 2.45) is 5.41 Å². The smallest absolute Gasteiger partial charge is 0.407 e. The standard InChI is InChI=1S/C12H19NO4/c1-2-7-17-11(16)13-9-12(8-10(14)15)5-3-4-6-12/h2H,1,3-9H2,(H,13,16)(H,14,15). The predicted octanol–water partition coefficient (Wildman–Crippen LogP) is 1.93. The van der Waals surface area contributed by atoms with Crippen LogP contribution in [0.3, 0.4) is 0 Å². The van der Waals surface area contributed by atoms with E-state index in [2.05, 4.69) is 11.9 Å². The van der Waals surface area contributed by atoms with Gasteiger partial charge in [-0.2, -0.15) is 0 Å². The summed E-state index contributed by atoms with van der Waals surface area (Å²) in [5.74, 6) is -0.812. The predicted molar refractivity (Wildman–Crippen MR) is 62.7 cm³/mol. The van der Waals surface area contributed by atoms with E-state index >= 15 is 0 Å². The molecule has 5 nitrogen and oxygen atoms in total. The molecule has 0 aromatic heterocycles. The van der Waals surface area contributed by atoms with E-state index in [-0.39, 0.29) is 18.4 Å². The van der Waals surface area contributed by atoms with Crippen molar-refractivity contribution in [3.05, 3.63) is 12.7 Å². The number of aliphatic carboxylic acids is 1. The zero-order valence-electron chi connectivity index (χ0n) is 9.91. The van der Waals surface area contributed by atoms with Crippen LogP contribution < -0.4 is 5.32 Å². The van der Waals surface area contributed by atoms with E-state index in [1.807, 2.05) is 0 Å². The molecule has 0 saturated heterocycles. The largest absolute Gasteiger partial charge is 0.481 e. The molecule has 17 heavy (non-hydrogen) atoms. The van der Waals surface area contributed by atoms with Crippen LogP contribution in [0.5, 0.6) is 0 Å². The number of amides is 1. The minimum Gasteiger partial charge on any atom is -0.481 e. The number of alkyl carbamates (subject to hydrolysis) is 1. The fourth-order valence-corrected chi connectivity index (χ4v) is 2.31. The molecule has 1 fully saturated rings. The van der Waals surface area contributed by atoms with Crippen molar-refractivity contribution < 1.29 is 19.4 Å². The van der Waals surface area contributed by atoms with Gasteiger partial charge < -0.3 is 15.2 Å². The summed E-state index contributed by atoms with van der Waals surface area (Å²) in [5, 5.41) is 11.5. The summed E-state index contributed by atoms with van der Waals surface area (Å²) >= 11 is 0. The number of carbonyl (C=O) groups excluding carboxylic acids is 1. The lowest BCUT2D eigenvalue weighted by molar-refractivity contribution is -0.139. The van der Waals surface area contributed by atoms with Crippen LogP contribution in [-0.4, -0.2) is 30.3 Å². The first-order valence-electron chi connectivity index (χ1n) is 5.81. The molecule has 1 aliphatic carbocycles. The number of ether oxygens (including phenoxy) is 1. The number of carbonyl (C=O) groups is 2. The fraction of sp³-hybridized carbons (Fsp3) is 0.667. The zero-order valence-corrected chi connectivity index (χ0v) is 9.91. The number of carboxylic acid groups (broad SMARTS) is 1. The van der Waals surface area contributed by atoms with Gasteiger partial charge in [-0.3, -0.25) is 4.79 Å². The maximum absolute atomic E-state index is 11.3. The van der Waals surface area contributed by atoms with Gasteiger partial charge in [0, 0.05) is 6.54 Å². The maximum Gasteiger partial charge on any atom is 0.407 e. The van der Waals surface area contributed by atoms with Gasteiger partial charge in [-0.25, -0.2) is 4.79 Å². The highest BCUT2D eigenvalue weighted by Gasteiger charge is 2.36. The first kappa shape index (κ1) is 13.5. The molecule has 0 spiro atoms. The van der Waals surface area contributed by atoms with Crippen LogP contribution in [0.1, 0.15) is 32.1 Å². The van der Waals surface area contributed by atoms with Crippen molar-refractivity contribution in [2.45, 2.75) is 32.1 Å². The van der Waals surface area contributed by atoms with E-state index in [4.69, 9.17) is 9.84 Å². The van der Waals surface area contributed by atoms with Gasteiger partial charge in [-0.15, -0.1) is 0 Å². The van der Waals surface area contributed by atoms with Crippen LogP contribution in [0.4, 0.5) is 4.79 Å². The lowest BCUT2D eigenvalue weighted by Gasteiger charge is -2.27. The van der Waals surface area contributed by atoms with Gasteiger partial charge >= 0.3 is 12.1 Å². The number of carboxylic acids is 1. The van der Waals surface area contributed by atoms with E-state index in [1.54, 1.807) is 0 Å². The number of hydrogen-bond donors (Lipinski definition) is 2. The summed E-state index contributed by atoms with van der Waals surface area (Å²) in [4.78, 5) is 22.1. The highest BCUT2D eigenvalue weighted by molar-refractivity contribution is 5.69. The molecule has 1 rings (SSSR count). The van der Waals surface area contributed by atoms with Gasteiger partial charge in [-0.05, 0) is 18.3 Å². The van der Waals surface area contributed by atoms with Crippen molar-refractivity contribution in [3.8, 4) is 0 Å². The minimum absolute atomic E-state index is 0.106. The Bertz CT molecular complexity index is 295. The first-order valence-corrected chi connectivity index (χ1v) is 5.81. The van der Waals surface area contributed by atoms with E-state index in [1.165, 1.54) is 6.08 Å². The van der Waals surface area contributed by atoms with Crippen molar-refractivity contribution in [3.63, 3.8) is 0 Å². The van der Waals surface area contributed by atoms with Crippen LogP contribution in [0, 0.1) is 5.41 Å². The van der Waals surface area contributed by atoms with Crippen LogP contribution in [0.2, 0.25) is 0 Å². The third-order valence-electron chi connectivity index (χ3n) is 3.13. The second-order valence-electron chi connectivity index (χ2n) is 4.52. The molecular formula is C12H19NO4. The van der Waals surface area contributed by atoms with E-state index < -0.39 is 12.1 Å². The highest BCUT2D eigenvalue weighted by atomic mass is 16.5. The number of hydrogen-bond acceptors (Lipinski definition) is 3. The third kappa shape index (κ3) is 4.46.